The molecule has 1 amide bonds. The third kappa shape index (κ3) is 4.67. The van der Waals surface area contributed by atoms with E-state index in [1.165, 1.54) is 36.4 Å². The molecule has 2 saturated carbocycles. The summed E-state index contributed by atoms with van der Waals surface area (Å²) in [5, 5.41) is 14.4. The van der Waals surface area contributed by atoms with Gasteiger partial charge in [-0.1, -0.05) is 30.3 Å². The predicted octanol–water partition coefficient (Wildman–Crippen LogP) is 4.41. The Bertz CT molecular complexity index is 1930. The Balaban J connectivity index is 1.24. The molecule has 2 bridgehead atoms. The van der Waals surface area contributed by atoms with Crippen molar-refractivity contribution in [1.29, 1.82) is 0 Å². The van der Waals surface area contributed by atoms with Crippen LogP contribution in [0.25, 0.3) is 0 Å². The number of halogens is 1. The molecule has 10 nitrogen and oxygen atoms in total. The van der Waals surface area contributed by atoms with Gasteiger partial charge in [0.15, 0.2) is 5.84 Å². The highest BCUT2D eigenvalue weighted by Gasteiger charge is 2.57. The number of rotatable bonds is 6. The van der Waals surface area contributed by atoms with Crippen molar-refractivity contribution in [3.05, 3.63) is 95.5 Å². The van der Waals surface area contributed by atoms with Crippen LogP contribution in [-0.2, 0) is 31.4 Å². The fourth-order valence-electron chi connectivity index (χ4n) is 6.98. The minimum atomic E-state index is -4.41. The number of amidine groups is 1. The summed E-state index contributed by atoms with van der Waals surface area (Å²) < 4.78 is 72.3. The van der Waals surface area contributed by atoms with Crippen LogP contribution in [0.1, 0.15) is 24.8 Å². The minimum Gasteiger partial charge on any atom is -0.511 e. The Morgan fingerprint density at radius 2 is 1.74 bits per heavy atom. The van der Waals surface area contributed by atoms with Crippen LogP contribution in [-0.4, -0.2) is 44.6 Å². The van der Waals surface area contributed by atoms with Crippen LogP contribution in [0.3, 0.4) is 0 Å². The number of aliphatic hydroxyl groups excluding tert-OH is 1. The van der Waals surface area contributed by atoms with Crippen LogP contribution in [0.4, 0.5) is 15.8 Å². The number of nitrogens with zero attached hydrogens (tertiary/aromatic N) is 2. The molecule has 3 N–H and O–H groups in total. The van der Waals surface area contributed by atoms with E-state index in [1.807, 2.05) is 0 Å². The molecular weight excluding hydrogens is 595 g/mol. The third-order valence-electron chi connectivity index (χ3n) is 8.81. The molecule has 2 fully saturated rings. The van der Waals surface area contributed by atoms with E-state index in [1.54, 1.807) is 35.2 Å². The van der Waals surface area contributed by atoms with Gasteiger partial charge in [0.1, 0.15) is 22.0 Å². The van der Waals surface area contributed by atoms with Gasteiger partial charge in [-0.2, -0.15) is 8.42 Å². The highest BCUT2D eigenvalue weighted by atomic mass is 32.2. The van der Waals surface area contributed by atoms with E-state index < -0.39 is 31.8 Å². The average Bonchev–Trinajstić information content (AvgIpc) is 3.60. The summed E-state index contributed by atoms with van der Waals surface area (Å²) in [7, 11) is -8.39. The van der Waals surface area contributed by atoms with Gasteiger partial charge in [-0.05, 0) is 79.1 Å². The van der Waals surface area contributed by atoms with Gasteiger partial charge in [0.2, 0.25) is 0 Å². The maximum absolute atomic E-state index is 14.0. The van der Waals surface area contributed by atoms with Crippen molar-refractivity contribution in [1.82, 2.24) is 4.90 Å². The van der Waals surface area contributed by atoms with Crippen molar-refractivity contribution in [2.75, 3.05) is 10.0 Å². The first-order valence-corrected chi connectivity index (χ1v) is 16.8. The number of carbonyl (C=O) groups is 1. The molecule has 2 aliphatic heterocycles. The fourth-order valence-corrected chi connectivity index (χ4v) is 9.20. The first kappa shape index (κ1) is 27.6. The molecule has 3 aromatic rings. The zero-order valence-corrected chi connectivity index (χ0v) is 24.3. The summed E-state index contributed by atoms with van der Waals surface area (Å²) in [5.74, 6) is -1.45. The van der Waals surface area contributed by atoms with E-state index in [-0.39, 0.29) is 68.7 Å². The minimum absolute atomic E-state index is 0.0105. The summed E-state index contributed by atoms with van der Waals surface area (Å²) in [4.78, 5) is 15.4. The molecule has 2 aliphatic carbocycles. The number of anilines is 2. The first-order valence-electron chi connectivity index (χ1n) is 13.8. The van der Waals surface area contributed by atoms with Gasteiger partial charge >= 0.3 is 0 Å². The number of aliphatic hydroxyl groups is 1. The van der Waals surface area contributed by atoms with E-state index in [2.05, 4.69) is 14.4 Å². The molecule has 4 atom stereocenters. The summed E-state index contributed by atoms with van der Waals surface area (Å²) in [6, 6.07) is 17.2. The van der Waals surface area contributed by atoms with Crippen LogP contribution >= 0.6 is 0 Å². The normalized spacial score (nSPS) is 25.6. The Kier molecular flexibility index (Phi) is 6.36. The van der Waals surface area contributed by atoms with Crippen molar-refractivity contribution in [2.45, 2.75) is 41.6 Å². The topological polar surface area (TPSA) is 145 Å². The van der Waals surface area contributed by atoms with Crippen LogP contribution in [0.5, 0.6) is 0 Å². The van der Waals surface area contributed by atoms with Crippen LogP contribution in [0, 0.1) is 23.6 Å². The van der Waals surface area contributed by atoms with Gasteiger partial charge in [-0.3, -0.25) is 9.52 Å². The van der Waals surface area contributed by atoms with Gasteiger partial charge in [0, 0.05) is 18.5 Å². The Morgan fingerprint density at radius 3 is 2.49 bits per heavy atom. The quantitative estimate of drug-likeness (QED) is 0.369. The second-order valence-corrected chi connectivity index (χ2v) is 14.6. The Hall–Kier alpha value is -4.23. The molecule has 0 unspecified atom stereocenters. The molecule has 3 aromatic carbocycles. The van der Waals surface area contributed by atoms with Crippen LogP contribution in [0.2, 0.25) is 0 Å². The number of sulfonamides is 2. The molecule has 0 aromatic heterocycles. The van der Waals surface area contributed by atoms with Gasteiger partial charge in [-0.15, -0.1) is 4.40 Å². The molecule has 2 heterocycles. The van der Waals surface area contributed by atoms with Crippen molar-refractivity contribution >= 4 is 43.2 Å². The number of amides is 1. The predicted molar refractivity (Wildman–Crippen MR) is 157 cm³/mol. The summed E-state index contributed by atoms with van der Waals surface area (Å²) in [6.45, 7) is 0.168. The molecule has 0 radical (unpaired) electrons. The van der Waals surface area contributed by atoms with Crippen molar-refractivity contribution in [3.63, 3.8) is 0 Å². The van der Waals surface area contributed by atoms with E-state index in [0.717, 1.165) is 25.3 Å². The lowest BCUT2D eigenvalue weighted by molar-refractivity contribution is -0.134. The Morgan fingerprint density at radius 1 is 1.02 bits per heavy atom. The summed E-state index contributed by atoms with van der Waals surface area (Å²) in [6.07, 6.45) is 2.67. The Labute approximate surface area is 248 Å². The lowest BCUT2D eigenvalue weighted by atomic mass is 9.77. The fraction of sp³-hybridized carbons (Fsp3) is 0.267. The monoisotopic (exact) mass is 622 g/mol. The van der Waals surface area contributed by atoms with Crippen LogP contribution < -0.4 is 10.0 Å². The number of nitrogens with one attached hydrogen (secondary N) is 2. The highest BCUT2D eigenvalue weighted by molar-refractivity contribution is 7.92. The second kappa shape index (κ2) is 9.91. The molecule has 222 valence electrons. The average molecular weight is 623 g/mol. The molecule has 0 saturated heterocycles. The van der Waals surface area contributed by atoms with E-state index in [4.69, 9.17) is 0 Å². The van der Waals surface area contributed by atoms with Gasteiger partial charge in [0.25, 0.3) is 26.0 Å². The second-order valence-electron chi connectivity index (χ2n) is 11.3. The molecule has 0 spiro atoms. The molecule has 13 heteroatoms. The smallest absolute Gasteiger partial charge is 0.286 e. The SMILES string of the molecule is O=C1C(C2=NS(=O)(=O)c3cc(NS(=O)(=O)c4ccccc4)ccc3N2)=C(O)[C@@H]2[C@H]3CC[C@@H](C3)[C@@H]2N1Cc1ccc(F)cc1. The van der Waals surface area contributed by atoms with Gasteiger partial charge < -0.3 is 15.3 Å². The zero-order valence-electron chi connectivity index (χ0n) is 22.6. The van der Waals surface area contributed by atoms with Gasteiger partial charge in [0.05, 0.1) is 16.3 Å². The van der Waals surface area contributed by atoms with Crippen molar-refractivity contribution in [2.24, 2.45) is 22.2 Å². The summed E-state index contributed by atoms with van der Waals surface area (Å²) in [5.41, 5.74) is 0.594. The van der Waals surface area contributed by atoms with Crippen molar-refractivity contribution < 1.29 is 31.1 Å². The number of benzene rings is 3. The van der Waals surface area contributed by atoms with Crippen molar-refractivity contribution in [3.8, 4) is 0 Å². The molecular formula is C30H27FN4O6S2. The third-order valence-corrected chi connectivity index (χ3v) is 11.5. The molecule has 43 heavy (non-hydrogen) atoms. The van der Waals surface area contributed by atoms with E-state index in [9.17, 15) is 31.1 Å². The largest absolute Gasteiger partial charge is 0.511 e. The summed E-state index contributed by atoms with van der Waals surface area (Å²) >= 11 is 0. The van der Waals surface area contributed by atoms with E-state index >= 15 is 0 Å². The zero-order chi connectivity index (χ0) is 30.1. The van der Waals surface area contributed by atoms with Crippen LogP contribution in [0.15, 0.2) is 98.3 Å². The number of carbonyl (C=O) groups excluding carboxylic acids is 1. The molecule has 7 rings (SSSR count). The molecule has 4 aliphatic rings. The number of fused-ring (bicyclic) bond motifs is 6. The maximum Gasteiger partial charge on any atom is 0.286 e. The number of hydrogen-bond donors (Lipinski definition) is 3. The highest BCUT2D eigenvalue weighted by Crippen LogP contribution is 2.55. The lowest BCUT2D eigenvalue weighted by Crippen LogP contribution is -2.53. The standard InChI is InChI=1S/C30H27FN4O6S2/c31-20-10-6-17(7-11-20)16-35-27-19-9-8-18(14-19)25(27)28(36)26(30(35)37)29-32-23-13-12-21(15-24(23)43(40,41)34-29)33-42(38,39)22-4-2-1-3-5-22/h1-7,10-13,15,18-19,25,27,33,36H,8-9,14,16H2,(H,32,34)/t18-,19-,25+,27-/m0/s1. The van der Waals surface area contributed by atoms with E-state index in [0.29, 0.717) is 5.56 Å². The number of hydrogen-bond acceptors (Lipinski definition) is 7. The lowest BCUT2D eigenvalue weighted by Gasteiger charge is -2.44. The van der Waals surface area contributed by atoms with Gasteiger partial charge in [-0.25, -0.2) is 12.8 Å². The first-order chi connectivity index (χ1) is 20.5. The maximum atomic E-state index is 14.0.